The predicted octanol–water partition coefficient (Wildman–Crippen LogP) is 3.35. The summed E-state index contributed by atoms with van der Waals surface area (Å²) in [6, 6.07) is 15.0. The summed E-state index contributed by atoms with van der Waals surface area (Å²) in [4.78, 5) is 31.0. The molecule has 0 spiro atoms. The van der Waals surface area contributed by atoms with Crippen LogP contribution < -0.4 is 10.2 Å². The van der Waals surface area contributed by atoms with E-state index in [4.69, 9.17) is 4.52 Å². The summed E-state index contributed by atoms with van der Waals surface area (Å²) in [5.74, 6) is 0.328. The van der Waals surface area contributed by atoms with E-state index >= 15 is 0 Å². The minimum Gasteiger partial charge on any atom is -0.339 e. The lowest BCUT2D eigenvalue weighted by molar-refractivity contribution is -0.122. The van der Waals surface area contributed by atoms with Crippen LogP contribution in [0.15, 0.2) is 53.1 Å². The lowest BCUT2D eigenvalue weighted by Crippen LogP contribution is -2.28. The summed E-state index contributed by atoms with van der Waals surface area (Å²) in [6.07, 6.45) is 0.198. The number of hydrogen-bond acceptors (Lipinski definition) is 5. The standard InChI is InChI=1S/C21H20N4O3/c1-13-6-8-18(9-7-13)25-12-16(11-19(25)26)21(27)23-17-5-3-4-15(10-17)20-22-14(2)28-24-20/h3-10,16H,11-12H2,1-2H3,(H,23,27). The normalized spacial score (nSPS) is 16.4. The first-order valence-electron chi connectivity index (χ1n) is 9.08. The van der Waals surface area contributed by atoms with Gasteiger partial charge in [0.15, 0.2) is 0 Å². The van der Waals surface area contributed by atoms with E-state index in [2.05, 4.69) is 15.5 Å². The predicted molar refractivity (Wildman–Crippen MR) is 105 cm³/mol. The van der Waals surface area contributed by atoms with Gasteiger partial charge in [-0.1, -0.05) is 35.0 Å². The molecule has 2 aromatic carbocycles. The topological polar surface area (TPSA) is 88.3 Å². The van der Waals surface area contributed by atoms with E-state index in [9.17, 15) is 9.59 Å². The van der Waals surface area contributed by atoms with Gasteiger partial charge in [0, 0.05) is 36.8 Å². The van der Waals surface area contributed by atoms with Gasteiger partial charge in [0.1, 0.15) is 0 Å². The number of carbonyl (C=O) groups is 2. The highest BCUT2D eigenvalue weighted by Gasteiger charge is 2.35. The Morgan fingerprint density at radius 1 is 1.18 bits per heavy atom. The van der Waals surface area contributed by atoms with Gasteiger partial charge in [-0.15, -0.1) is 0 Å². The van der Waals surface area contributed by atoms with E-state index in [-0.39, 0.29) is 18.2 Å². The fraction of sp³-hybridized carbons (Fsp3) is 0.238. The van der Waals surface area contributed by atoms with Crippen LogP contribution in [-0.2, 0) is 9.59 Å². The number of hydrogen-bond donors (Lipinski definition) is 1. The van der Waals surface area contributed by atoms with Crippen LogP contribution in [0.25, 0.3) is 11.4 Å². The molecule has 1 aliphatic heterocycles. The van der Waals surface area contributed by atoms with Gasteiger partial charge in [-0.05, 0) is 31.2 Å². The van der Waals surface area contributed by atoms with Gasteiger partial charge in [0.25, 0.3) is 0 Å². The Morgan fingerprint density at radius 2 is 1.96 bits per heavy atom. The fourth-order valence-electron chi connectivity index (χ4n) is 3.25. The van der Waals surface area contributed by atoms with Gasteiger partial charge in [-0.2, -0.15) is 4.98 Å². The molecule has 7 nitrogen and oxygen atoms in total. The molecule has 7 heteroatoms. The third kappa shape index (κ3) is 3.64. The van der Waals surface area contributed by atoms with E-state index in [0.29, 0.717) is 23.9 Å². The maximum Gasteiger partial charge on any atom is 0.229 e. The number of aromatic nitrogens is 2. The zero-order chi connectivity index (χ0) is 19.7. The summed E-state index contributed by atoms with van der Waals surface area (Å²) in [5, 5.41) is 6.79. The Kier molecular flexibility index (Phi) is 4.65. The molecule has 1 aromatic heterocycles. The number of anilines is 2. The average Bonchev–Trinajstić information content (AvgIpc) is 3.29. The molecule has 0 radical (unpaired) electrons. The second-order valence-corrected chi connectivity index (χ2v) is 6.95. The lowest BCUT2D eigenvalue weighted by Gasteiger charge is -2.17. The number of nitrogens with one attached hydrogen (secondary N) is 1. The second-order valence-electron chi connectivity index (χ2n) is 6.95. The third-order valence-electron chi connectivity index (χ3n) is 4.76. The van der Waals surface area contributed by atoms with Crippen LogP contribution >= 0.6 is 0 Å². The molecule has 1 unspecified atom stereocenters. The van der Waals surface area contributed by atoms with Crippen molar-refractivity contribution in [3.63, 3.8) is 0 Å². The van der Waals surface area contributed by atoms with Crippen molar-refractivity contribution in [2.75, 3.05) is 16.8 Å². The minimum absolute atomic E-state index is 0.0416. The quantitative estimate of drug-likeness (QED) is 0.754. The first-order chi connectivity index (χ1) is 13.5. The Morgan fingerprint density at radius 3 is 2.68 bits per heavy atom. The third-order valence-corrected chi connectivity index (χ3v) is 4.76. The largest absolute Gasteiger partial charge is 0.339 e. The lowest BCUT2D eigenvalue weighted by atomic mass is 10.1. The zero-order valence-corrected chi connectivity index (χ0v) is 15.7. The summed E-state index contributed by atoms with van der Waals surface area (Å²) in [5.41, 5.74) is 3.33. The van der Waals surface area contributed by atoms with E-state index in [1.807, 2.05) is 43.3 Å². The van der Waals surface area contributed by atoms with E-state index < -0.39 is 5.92 Å². The van der Waals surface area contributed by atoms with Gasteiger partial charge in [-0.3, -0.25) is 9.59 Å². The van der Waals surface area contributed by atoms with E-state index in [1.165, 1.54) is 0 Å². The number of nitrogens with zero attached hydrogens (tertiary/aromatic N) is 3. The van der Waals surface area contributed by atoms with Crippen LogP contribution in [0.2, 0.25) is 0 Å². The Bertz CT molecular complexity index is 1030. The number of amides is 2. The molecule has 142 valence electrons. The van der Waals surface area contributed by atoms with Crippen molar-refractivity contribution in [2.45, 2.75) is 20.3 Å². The van der Waals surface area contributed by atoms with Gasteiger partial charge < -0.3 is 14.7 Å². The first-order valence-corrected chi connectivity index (χ1v) is 9.08. The van der Waals surface area contributed by atoms with Crippen molar-refractivity contribution in [3.8, 4) is 11.4 Å². The van der Waals surface area contributed by atoms with Crippen LogP contribution in [0.3, 0.4) is 0 Å². The fourth-order valence-corrected chi connectivity index (χ4v) is 3.25. The zero-order valence-electron chi connectivity index (χ0n) is 15.7. The first kappa shape index (κ1) is 17.9. The molecule has 1 aliphatic rings. The molecule has 0 aliphatic carbocycles. The highest BCUT2D eigenvalue weighted by atomic mass is 16.5. The molecule has 1 atom stereocenters. The highest BCUT2D eigenvalue weighted by Crippen LogP contribution is 2.27. The Hall–Kier alpha value is -3.48. The summed E-state index contributed by atoms with van der Waals surface area (Å²) < 4.78 is 5.00. The van der Waals surface area contributed by atoms with Crippen molar-refractivity contribution < 1.29 is 14.1 Å². The van der Waals surface area contributed by atoms with Gasteiger partial charge in [0.2, 0.25) is 23.5 Å². The summed E-state index contributed by atoms with van der Waals surface area (Å²) in [7, 11) is 0. The number of rotatable bonds is 4. The molecule has 2 amide bonds. The molecule has 1 saturated heterocycles. The van der Waals surface area contributed by atoms with Crippen molar-refractivity contribution in [3.05, 3.63) is 60.0 Å². The van der Waals surface area contributed by atoms with Gasteiger partial charge in [-0.25, -0.2) is 0 Å². The van der Waals surface area contributed by atoms with Crippen molar-refractivity contribution in [1.82, 2.24) is 10.1 Å². The van der Waals surface area contributed by atoms with Crippen LogP contribution in [-0.4, -0.2) is 28.5 Å². The Balaban J connectivity index is 1.46. The molecule has 28 heavy (non-hydrogen) atoms. The van der Waals surface area contributed by atoms with E-state index in [1.54, 1.807) is 24.0 Å². The number of benzene rings is 2. The van der Waals surface area contributed by atoms with Crippen LogP contribution in [0, 0.1) is 19.8 Å². The second kappa shape index (κ2) is 7.26. The van der Waals surface area contributed by atoms with Crippen LogP contribution in [0.5, 0.6) is 0 Å². The highest BCUT2D eigenvalue weighted by molar-refractivity contribution is 6.03. The monoisotopic (exact) mass is 376 g/mol. The maximum absolute atomic E-state index is 12.7. The van der Waals surface area contributed by atoms with Crippen molar-refractivity contribution in [2.24, 2.45) is 5.92 Å². The molecule has 1 fully saturated rings. The molecular formula is C21H20N4O3. The summed E-state index contributed by atoms with van der Waals surface area (Å²) >= 11 is 0. The number of carbonyl (C=O) groups excluding carboxylic acids is 2. The van der Waals surface area contributed by atoms with Crippen molar-refractivity contribution >= 4 is 23.2 Å². The van der Waals surface area contributed by atoms with Gasteiger partial charge >= 0.3 is 0 Å². The minimum atomic E-state index is -0.398. The maximum atomic E-state index is 12.7. The molecule has 0 bridgehead atoms. The molecule has 3 aromatic rings. The number of aryl methyl sites for hydroxylation is 2. The Labute approximate surface area is 162 Å². The van der Waals surface area contributed by atoms with Crippen LogP contribution in [0.4, 0.5) is 11.4 Å². The van der Waals surface area contributed by atoms with Crippen LogP contribution in [0.1, 0.15) is 17.9 Å². The molecule has 2 heterocycles. The molecule has 4 rings (SSSR count). The SMILES string of the molecule is Cc1ccc(N2CC(C(=O)Nc3cccc(-c4noc(C)n4)c3)CC2=O)cc1. The smallest absolute Gasteiger partial charge is 0.229 e. The van der Waals surface area contributed by atoms with Gasteiger partial charge in [0.05, 0.1) is 5.92 Å². The van der Waals surface area contributed by atoms with Crippen molar-refractivity contribution in [1.29, 1.82) is 0 Å². The molecular weight excluding hydrogens is 356 g/mol. The molecule has 0 saturated carbocycles. The summed E-state index contributed by atoms with van der Waals surface area (Å²) in [6.45, 7) is 4.09. The average molecular weight is 376 g/mol. The van der Waals surface area contributed by atoms with E-state index in [0.717, 1.165) is 16.8 Å². The molecule has 1 N–H and O–H groups in total.